The number of carbonyl (C=O) groups excluding carboxylic acids is 2. The summed E-state index contributed by atoms with van der Waals surface area (Å²) in [6, 6.07) is 10.4. The molecule has 132 valence electrons. The molecule has 0 radical (unpaired) electrons. The highest BCUT2D eigenvalue weighted by atomic mass is 35.5. The monoisotopic (exact) mass is 359 g/mol. The molecule has 2 rings (SSSR count). The smallest absolute Gasteiger partial charge is 0.242 e. The van der Waals surface area contributed by atoms with Crippen LogP contribution in [0.2, 0.25) is 5.02 Å². The molecule has 0 saturated carbocycles. The highest BCUT2D eigenvalue weighted by molar-refractivity contribution is 6.30. The van der Waals surface area contributed by atoms with Gasteiger partial charge in [-0.05, 0) is 42.3 Å². The summed E-state index contributed by atoms with van der Waals surface area (Å²) < 4.78 is 0. The number of pyridine rings is 1. The van der Waals surface area contributed by atoms with E-state index in [0.29, 0.717) is 24.5 Å². The summed E-state index contributed by atoms with van der Waals surface area (Å²) in [4.78, 5) is 30.3. The standard InChI is InChI=1S/C19H22ClN3O2/c1-3-18(24)23(13-16-4-6-17(20)7-5-16)14(2)19(25)22-12-15-8-10-21-11-9-15/h4-11,14H,3,12-13H2,1-2H3,(H,22,25)/t14-/m1/s1. The van der Waals surface area contributed by atoms with Crippen LogP contribution in [0.25, 0.3) is 0 Å². The Morgan fingerprint density at radius 3 is 2.36 bits per heavy atom. The molecule has 0 aliphatic carbocycles. The Bertz CT molecular complexity index is 704. The van der Waals surface area contributed by atoms with Gasteiger partial charge in [0.2, 0.25) is 11.8 Å². The summed E-state index contributed by atoms with van der Waals surface area (Å²) in [5.41, 5.74) is 1.89. The van der Waals surface area contributed by atoms with E-state index in [-0.39, 0.29) is 11.8 Å². The average molecular weight is 360 g/mol. The molecular formula is C19H22ClN3O2. The van der Waals surface area contributed by atoms with E-state index in [4.69, 9.17) is 11.6 Å². The zero-order chi connectivity index (χ0) is 18.2. The first kappa shape index (κ1) is 18.9. The van der Waals surface area contributed by atoms with E-state index in [1.54, 1.807) is 43.3 Å². The number of halogens is 1. The molecule has 5 nitrogen and oxygen atoms in total. The van der Waals surface area contributed by atoms with Gasteiger partial charge in [0.25, 0.3) is 0 Å². The third-order valence-electron chi connectivity index (χ3n) is 3.95. The molecule has 1 aromatic carbocycles. The minimum atomic E-state index is -0.565. The Balaban J connectivity index is 2.03. The van der Waals surface area contributed by atoms with Gasteiger partial charge in [-0.25, -0.2) is 0 Å². The van der Waals surface area contributed by atoms with Crippen molar-refractivity contribution in [3.63, 3.8) is 0 Å². The molecule has 2 amide bonds. The largest absolute Gasteiger partial charge is 0.350 e. The number of aromatic nitrogens is 1. The molecule has 0 unspecified atom stereocenters. The number of nitrogens with zero attached hydrogens (tertiary/aromatic N) is 2. The molecule has 0 bridgehead atoms. The van der Waals surface area contributed by atoms with Crippen LogP contribution in [-0.2, 0) is 22.7 Å². The summed E-state index contributed by atoms with van der Waals surface area (Å²) in [5, 5.41) is 3.51. The lowest BCUT2D eigenvalue weighted by Crippen LogP contribution is -2.47. The van der Waals surface area contributed by atoms with Gasteiger partial charge in [-0.3, -0.25) is 14.6 Å². The number of nitrogens with one attached hydrogen (secondary N) is 1. The van der Waals surface area contributed by atoms with E-state index in [0.717, 1.165) is 11.1 Å². The SMILES string of the molecule is CCC(=O)N(Cc1ccc(Cl)cc1)[C@H](C)C(=O)NCc1ccncc1. The molecule has 0 fully saturated rings. The maximum atomic E-state index is 12.5. The molecule has 0 aliphatic heterocycles. The van der Waals surface area contributed by atoms with Crippen LogP contribution in [0, 0.1) is 0 Å². The van der Waals surface area contributed by atoms with Crippen LogP contribution in [0.1, 0.15) is 31.4 Å². The molecule has 2 aromatic rings. The zero-order valence-electron chi connectivity index (χ0n) is 14.4. The fourth-order valence-electron chi connectivity index (χ4n) is 2.41. The van der Waals surface area contributed by atoms with Gasteiger partial charge in [0.15, 0.2) is 0 Å². The third kappa shape index (κ3) is 5.57. The van der Waals surface area contributed by atoms with Crippen molar-refractivity contribution < 1.29 is 9.59 Å². The summed E-state index contributed by atoms with van der Waals surface area (Å²) in [6.45, 7) is 4.30. The molecule has 1 atom stereocenters. The maximum absolute atomic E-state index is 12.5. The molecule has 0 aliphatic rings. The van der Waals surface area contributed by atoms with Crippen molar-refractivity contribution >= 4 is 23.4 Å². The minimum absolute atomic E-state index is 0.0680. The topological polar surface area (TPSA) is 62.3 Å². The second-order valence-corrected chi connectivity index (χ2v) is 6.19. The highest BCUT2D eigenvalue weighted by Gasteiger charge is 2.24. The Hall–Kier alpha value is -2.40. The van der Waals surface area contributed by atoms with Gasteiger partial charge in [-0.15, -0.1) is 0 Å². The Morgan fingerprint density at radius 2 is 1.76 bits per heavy atom. The van der Waals surface area contributed by atoms with Gasteiger partial charge in [0.05, 0.1) is 0 Å². The summed E-state index contributed by atoms with van der Waals surface area (Å²) in [5.74, 6) is -0.255. The molecule has 1 aromatic heterocycles. The lowest BCUT2D eigenvalue weighted by molar-refractivity contribution is -0.140. The molecule has 0 saturated heterocycles. The van der Waals surface area contributed by atoms with Gasteiger partial charge in [-0.1, -0.05) is 30.7 Å². The highest BCUT2D eigenvalue weighted by Crippen LogP contribution is 2.14. The first-order chi connectivity index (χ1) is 12.0. The first-order valence-corrected chi connectivity index (χ1v) is 8.59. The van der Waals surface area contributed by atoms with Crippen LogP contribution in [0.15, 0.2) is 48.8 Å². The Labute approximate surface area is 153 Å². The summed E-state index contributed by atoms with van der Waals surface area (Å²) >= 11 is 5.90. The lowest BCUT2D eigenvalue weighted by Gasteiger charge is -2.28. The van der Waals surface area contributed by atoms with Crippen LogP contribution >= 0.6 is 11.6 Å². The number of rotatable bonds is 7. The van der Waals surface area contributed by atoms with Gasteiger partial charge < -0.3 is 10.2 Å². The van der Waals surface area contributed by atoms with Crippen LogP contribution < -0.4 is 5.32 Å². The van der Waals surface area contributed by atoms with Crippen LogP contribution in [0.4, 0.5) is 0 Å². The zero-order valence-corrected chi connectivity index (χ0v) is 15.2. The Morgan fingerprint density at radius 1 is 1.12 bits per heavy atom. The molecule has 0 spiro atoms. The summed E-state index contributed by atoms with van der Waals surface area (Å²) in [7, 11) is 0. The number of benzene rings is 1. The molecular weight excluding hydrogens is 338 g/mol. The molecule has 25 heavy (non-hydrogen) atoms. The van der Waals surface area contributed by atoms with Gasteiger partial charge in [0.1, 0.15) is 6.04 Å². The second-order valence-electron chi connectivity index (χ2n) is 5.75. The van der Waals surface area contributed by atoms with Crippen molar-refractivity contribution in [1.29, 1.82) is 0 Å². The van der Waals surface area contributed by atoms with E-state index >= 15 is 0 Å². The predicted molar refractivity (Wildman–Crippen MR) is 97.8 cm³/mol. The lowest BCUT2D eigenvalue weighted by atomic mass is 10.1. The van der Waals surface area contributed by atoms with Crippen molar-refractivity contribution in [2.75, 3.05) is 0 Å². The Kier molecular flexibility index (Phi) is 6.95. The number of hydrogen-bond acceptors (Lipinski definition) is 3. The van der Waals surface area contributed by atoms with E-state index < -0.39 is 6.04 Å². The van der Waals surface area contributed by atoms with Crippen molar-refractivity contribution in [2.24, 2.45) is 0 Å². The van der Waals surface area contributed by atoms with Gasteiger partial charge >= 0.3 is 0 Å². The minimum Gasteiger partial charge on any atom is -0.350 e. The number of amides is 2. The van der Waals surface area contributed by atoms with Crippen LogP contribution in [-0.4, -0.2) is 27.7 Å². The van der Waals surface area contributed by atoms with Crippen molar-refractivity contribution in [1.82, 2.24) is 15.2 Å². The normalized spacial score (nSPS) is 11.6. The molecule has 1 N–H and O–H groups in total. The van der Waals surface area contributed by atoms with E-state index in [1.807, 2.05) is 24.3 Å². The van der Waals surface area contributed by atoms with Crippen molar-refractivity contribution in [3.8, 4) is 0 Å². The van der Waals surface area contributed by atoms with Crippen LogP contribution in [0.3, 0.4) is 0 Å². The fourth-order valence-corrected chi connectivity index (χ4v) is 2.54. The third-order valence-corrected chi connectivity index (χ3v) is 4.20. The quantitative estimate of drug-likeness (QED) is 0.825. The second kappa shape index (κ2) is 9.18. The van der Waals surface area contributed by atoms with Gasteiger partial charge in [0, 0.05) is 36.9 Å². The van der Waals surface area contributed by atoms with Crippen molar-refractivity contribution in [3.05, 3.63) is 64.9 Å². The number of hydrogen-bond donors (Lipinski definition) is 1. The van der Waals surface area contributed by atoms with E-state index in [1.165, 1.54) is 0 Å². The predicted octanol–water partition coefficient (Wildman–Crippen LogP) is 3.18. The van der Waals surface area contributed by atoms with E-state index in [9.17, 15) is 9.59 Å². The number of carbonyl (C=O) groups is 2. The average Bonchev–Trinajstić information content (AvgIpc) is 2.65. The van der Waals surface area contributed by atoms with E-state index in [2.05, 4.69) is 10.3 Å². The molecule has 1 heterocycles. The van der Waals surface area contributed by atoms with Crippen LogP contribution in [0.5, 0.6) is 0 Å². The summed E-state index contributed by atoms with van der Waals surface area (Å²) in [6.07, 6.45) is 3.70. The molecule has 6 heteroatoms. The fraction of sp³-hybridized carbons (Fsp3) is 0.316. The van der Waals surface area contributed by atoms with Crippen molar-refractivity contribution in [2.45, 2.75) is 39.4 Å². The van der Waals surface area contributed by atoms with Gasteiger partial charge in [-0.2, -0.15) is 0 Å². The first-order valence-electron chi connectivity index (χ1n) is 8.21. The maximum Gasteiger partial charge on any atom is 0.242 e.